The number of nitrogens with zero attached hydrogens (tertiary/aromatic N) is 3. The molecule has 158 valence electrons. The number of aromatic nitrogens is 1. The summed E-state index contributed by atoms with van der Waals surface area (Å²) >= 11 is 0. The lowest BCUT2D eigenvalue weighted by atomic mass is 9.95. The Balaban J connectivity index is 2.46. The van der Waals surface area contributed by atoms with Crippen molar-refractivity contribution in [3.63, 3.8) is 0 Å². The predicted octanol–water partition coefficient (Wildman–Crippen LogP) is 5.45. The Morgan fingerprint density at radius 1 is 1.24 bits per heavy atom. The van der Waals surface area contributed by atoms with Gasteiger partial charge in [0.05, 0.1) is 10.5 Å². The minimum absolute atomic E-state index is 0.126. The fourth-order valence-electron chi connectivity index (χ4n) is 4.66. The van der Waals surface area contributed by atoms with Crippen LogP contribution >= 0.6 is 0 Å². The highest BCUT2D eigenvalue weighted by Gasteiger charge is 2.49. The van der Waals surface area contributed by atoms with E-state index in [4.69, 9.17) is 9.16 Å². The van der Waals surface area contributed by atoms with E-state index in [0.717, 1.165) is 0 Å². The van der Waals surface area contributed by atoms with E-state index in [9.17, 15) is 15.4 Å². The smallest absolute Gasteiger partial charge is 0.298 e. The fraction of sp³-hybridized carbons (Fsp3) is 0.619. The maximum Gasteiger partial charge on any atom is 0.298 e. The average molecular weight is 418 g/mol. The minimum Gasteiger partial charge on any atom is -0.472 e. The predicted molar refractivity (Wildman–Crippen MR) is 114 cm³/mol. The molecular formula is C21H31N3O4Si. The Labute approximate surface area is 174 Å². The SMILES string of the molecule is CC(C)[Si](O[C@H]1[C@H](C)C=C(c2ccncc2[N+](=O)[O-])O[C@@H]1C#N)(C(C)C)C(C)C. The number of pyridine rings is 1. The normalized spacial score (nSPS) is 22.4. The van der Waals surface area contributed by atoms with E-state index in [0.29, 0.717) is 27.9 Å². The van der Waals surface area contributed by atoms with Gasteiger partial charge in [0.15, 0.2) is 0 Å². The van der Waals surface area contributed by atoms with Crippen LogP contribution in [0.4, 0.5) is 5.69 Å². The lowest BCUT2D eigenvalue weighted by Gasteiger charge is -2.47. The number of ether oxygens (including phenoxy) is 1. The number of rotatable bonds is 7. The lowest BCUT2D eigenvalue weighted by Crippen LogP contribution is -2.54. The van der Waals surface area contributed by atoms with Crippen LogP contribution in [0, 0.1) is 27.4 Å². The molecule has 0 N–H and O–H groups in total. The van der Waals surface area contributed by atoms with Crippen molar-refractivity contribution in [3.8, 4) is 6.07 Å². The molecule has 0 saturated carbocycles. The molecule has 0 spiro atoms. The van der Waals surface area contributed by atoms with Crippen LogP contribution in [0.2, 0.25) is 16.6 Å². The molecule has 0 bridgehead atoms. The van der Waals surface area contributed by atoms with Gasteiger partial charge in [-0.05, 0) is 28.8 Å². The molecule has 1 aromatic rings. The average Bonchev–Trinajstić information content (AvgIpc) is 2.65. The number of hydrogen-bond acceptors (Lipinski definition) is 6. The van der Waals surface area contributed by atoms with E-state index in [1.165, 1.54) is 12.4 Å². The minimum atomic E-state index is -2.22. The molecule has 8 heteroatoms. The molecular weight excluding hydrogens is 386 g/mol. The zero-order valence-electron chi connectivity index (χ0n) is 18.2. The summed E-state index contributed by atoms with van der Waals surface area (Å²) in [6.45, 7) is 15.2. The van der Waals surface area contributed by atoms with Crippen molar-refractivity contribution in [2.75, 3.05) is 0 Å². The molecule has 0 unspecified atom stereocenters. The van der Waals surface area contributed by atoms with Crippen molar-refractivity contribution < 1.29 is 14.1 Å². The van der Waals surface area contributed by atoms with Crippen molar-refractivity contribution >= 4 is 19.8 Å². The summed E-state index contributed by atoms with van der Waals surface area (Å²) in [6.07, 6.45) is 3.27. The van der Waals surface area contributed by atoms with Crippen LogP contribution in [0.1, 0.15) is 54.0 Å². The first-order chi connectivity index (χ1) is 13.6. The molecule has 0 radical (unpaired) electrons. The van der Waals surface area contributed by atoms with Crippen LogP contribution in [-0.2, 0) is 9.16 Å². The van der Waals surface area contributed by atoms with Crippen LogP contribution in [0.5, 0.6) is 0 Å². The van der Waals surface area contributed by atoms with Gasteiger partial charge in [0.2, 0.25) is 14.4 Å². The summed E-state index contributed by atoms with van der Waals surface area (Å²) in [4.78, 5) is 14.7. The van der Waals surface area contributed by atoms with Gasteiger partial charge in [0, 0.05) is 12.1 Å². The second kappa shape index (κ2) is 9.05. The zero-order valence-corrected chi connectivity index (χ0v) is 19.2. The van der Waals surface area contributed by atoms with Gasteiger partial charge >= 0.3 is 0 Å². The van der Waals surface area contributed by atoms with Gasteiger partial charge in [-0.2, -0.15) is 5.26 Å². The Hall–Kier alpha value is -2.24. The van der Waals surface area contributed by atoms with E-state index in [1.807, 2.05) is 13.0 Å². The molecule has 1 aliphatic heterocycles. The Morgan fingerprint density at radius 2 is 1.83 bits per heavy atom. The molecule has 0 fully saturated rings. The first-order valence-corrected chi connectivity index (χ1v) is 12.2. The van der Waals surface area contributed by atoms with E-state index < -0.39 is 25.4 Å². The topological polar surface area (TPSA) is 98.3 Å². The highest BCUT2D eigenvalue weighted by Crippen LogP contribution is 2.45. The number of nitro groups is 1. The number of nitriles is 1. The van der Waals surface area contributed by atoms with E-state index in [1.54, 1.807) is 6.07 Å². The van der Waals surface area contributed by atoms with E-state index in [2.05, 4.69) is 52.6 Å². The first-order valence-electron chi connectivity index (χ1n) is 10.1. The van der Waals surface area contributed by atoms with Crippen molar-refractivity contribution in [1.29, 1.82) is 5.26 Å². The fourth-order valence-corrected chi connectivity index (χ4v) is 10.3. The summed E-state index contributed by atoms with van der Waals surface area (Å²) in [5.74, 6) is 0.211. The van der Waals surface area contributed by atoms with Crippen LogP contribution in [0.15, 0.2) is 24.5 Å². The lowest BCUT2D eigenvalue weighted by molar-refractivity contribution is -0.385. The molecule has 1 aromatic heterocycles. The van der Waals surface area contributed by atoms with Gasteiger partial charge < -0.3 is 9.16 Å². The van der Waals surface area contributed by atoms with Crippen molar-refractivity contribution in [2.24, 2.45) is 5.92 Å². The van der Waals surface area contributed by atoms with Gasteiger partial charge in [-0.1, -0.05) is 48.5 Å². The van der Waals surface area contributed by atoms with Crippen LogP contribution in [0.3, 0.4) is 0 Å². The van der Waals surface area contributed by atoms with E-state index in [-0.39, 0.29) is 11.6 Å². The molecule has 0 aliphatic carbocycles. The maximum absolute atomic E-state index is 11.4. The molecule has 1 aliphatic rings. The van der Waals surface area contributed by atoms with Crippen molar-refractivity contribution in [3.05, 3.63) is 40.2 Å². The summed E-state index contributed by atoms with van der Waals surface area (Å²) < 4.78 is 12.8. The van der Waals surface area contributed by atoms with Crippen molar-refractivity contribution in [1.82, 2.24) is 4.98 Å². The van der Waals surface area contributed by atoms with E-state index >= 15 is 0 Å². The molecule has 0 aromatic carbocycles. The molecule has 0 saturated heterocycles. The van der Waals surface area contributed by atoms with Gasteiger partial charge in [0.1, 0.15) is 24.1 Å². The molecule has 2 rings (SSSR count). The largest absolute Gasteiger partial charge is 0.472 e. The quantitative estimate of drug-likeness (QED) is 0.332. The molecule has 3 atom stereocenters. The Bertz CT molecular complexity index is 795. The first kappa shape index (κ1) is 23.0. The van der Waals surface area contributed by atoms with Gasteiger partial charge in [-0.25, -0.2) is 0 Å². The number of hydrogen-bond donors (Lipinski definition) is 0. The van der Waals surface area contributed by atoms with Crippen LogP contribution in [0.25, 0.3) is 5.76 Å². The molecule has 7 nitrogen and oxygen atoms in total. The van der Waals surface area contributed by atoms with Crippen LogP contribution in [-0.4, -0.2) is 30.4 Å². The van der Waals surface area contributed by atoms with Crippen molar-refractivity contribution in [2.45, 2.75) is 77.3 Å². The van der Waals surface area contributed by atoms with Gasteiger partial charge in [0.25, 0.3) is 5.69 Å². The monoisotopic (exact) mass is 417 g/mol. The molecule has 29 heavy (non-hydrogen) atoms. The Morgan fingerprint density at radius 3 is 2.31 bits per heavy atom. The summed E-state index contributed by atoms with van der Waals surface area (Å²) in [5, 5.41) is 21.2. The third-order valence-corrected chi connectivity index (χ3v) is 12.0. The van der Waals surface area contributed by atoms with Gasteiger partial charge in [-0.3, -0.25) is 15.1 Å². The van der Waals surface area contributed by atoms with Crippen LogP contribution < -0.4 is 0 Å². The summed E-state index contributed by atoms with van der Waals surface area (Å²) in [7, 11) is -2.22. The highest BCUT2D eigenvalue weighted by molar-refractivity contribution is 6.77. The van der Waals surface area contributed by atoms with Gasteiger partial charge in [-0.15, -0.1) is 0 Å². The third kappa shape index (κ3) is 4.36. The molecule has 0 amide bonds. The molecule has 2 heterocycles. The highest BCUT2D eigenvalue weighted by atomic mass is 28.4. The summed E-state index contributed by atoms with van der Waals surface area (Å²) in [6, 6.07) is 3.76. The maximum atomic E-state index is 11.4. The second-order valence-electron chi connectivity index (χ2n) is 8.61. The third-order valence-electron chi connectivity index (χ3n) is 5.92. The standard InChI is InChI=1S/C21H31N3O4Si/c1-13(2)29(14(3)4,15(5)6)28-21-16(7)10-19(27-20(21)11-22)17-8-9-23-12-18(17)24(25)26/h8-10,12-16,20-21H,1-7H3/t16-,20-,21+/m1/s1. The zero-order chi connectivity index (χ0) is 21.9. The Kier molecular flexibility index (Phi) is 7.19. The summed E-state index contributed by atoms with van der Waals surface area (Å²) in [5.41, 5.74) is 1.31. The second-order valence-corrected chi connectivity index (χ2v) is 14.0.